The van der Waals surface area contributed by atoms with Crippen LogP contribution in [0, 0.1) is 0 Å². The molecule has 26 heavy (non-hydrogen) atoms. The number of pyridine rings is 1. The molecule has 6 nitrogen and oxygen atoms in total. The number of carboxylic acids is 1. The molecule has 1 unspecified atom stereocenters. The van der Waals surface area contributed by atoms with Gasteiger partial charge in [0.05, 0.1) is 0 Å². The van der Waals surface area contributed by atoms with Crippen molar-refractivity contribution in [3.63, 3.8) is 0 Å². The number of anilines is 1. The van der Waals surface area contributed by atoms with Gasteiger partial charge >= 0.3 is 12.0 Å². The molecule has 0 fully saturated rings. The van der Waals surface area contributed by atoms with E-state index in [-0.39, 0.29) is 0 Å². The van der Waals surface area contributed by atoms with Crippen molar-refractivity contribution in [3.8, 4) is 11.1 Å². The summed E-state index contributed by atoms with van der Waals surface area (Å²) in [6.07, 6.45) is 3.43. The van der Waals surface area contributed by atoms with E-state index in [0.29, 0.717) is 11.3 Å². The van der Waals surface area contributed by atoms with Gasteiger partial charge in [-0.25, -0.2) is 9.59 Å². The van der Waals surface area contributed by atoms with Crippen LogP contribution in [0.5, 0.6) is 0 Å². The summed E-state index contributed by atoms with van der Waals surface area (Å²) in [6.45, 7) is 0. The quantitative estimate of drug-likeness (QED) is 0.656. The van der Waals surface area contributed by atoms with Crippen LogP contribution in [0.3, 0.4) is 0 Å². The van der Waals surface area contributed by atoms with Gasteiger partial charge in [-0.3, -0.25) is 4.98 Å². The summed E-state index contributed by atoms with van der Waals surface area (Å²) in [5.41, 5.74) is 3.08. The number of nitrogens with zero attached hydrogens (tertiary/aromatic N) is 1. The summed E-state index contributed by atoms with van der Waals surface area (Å²) < 4.78 is 0. The Hall–Kier alpha value is -3.67. The van der Waals surface area contributed by atoms with Crippen LogP contribution in [0.15, 0.2) is 79.1 Å². The van der Waals surface area contributed by atoms with Crippen molar-refractivity contribution in [1.82, 2.24) is 10.3 Å². The Balaban J connectivity index is 1.67. The first kappa shape index (κ1) is 17.2. The highest BCUT2D eigenvalue weighted by Crippen LogP contribution is 2.20. The van der Waals surface area contributed by atoms with E-state index in [4.69, 9.17) is 0 Å². The Morgan fingerprint density at radius 1 is 0.846 bits per heavy atom. The van der Waals surface area contributed by atoms with Gasteiger partial charge in [0.2, 0.25) is 0 Å². The summed E-state index contributed by atoms with van der Waals surface area (Å²) in [4.78, 5) is 27.6. The van der Waals surface area contributed by atoms with Gasteiger partial charge in [-0.15, -0.1) is 0 Å². The first-order valence-electron chi connectivity index (χ1n) is 7.99. The van der Waals surface area contributed by atoms with Crippen molar-refractivity contribution in [2.24, 2.45) is 0 Å². The van der Waals surface area contributed by atoms with Crippen molar-refractivity contribution in [3.05, 3.63) is 84.7 Å². The van der Waals surface area contributed by atoms with Gasteiger partial charge in [0.25, 0.3) is 0 Å². The molecule has 3 N–H and O–H groups in total. The Morgan fingerprint density at radius 3 is 2.08 bits per heavy atom. The third kappa shape index (κ3) is 4.24. The fourth-order valence-corrected chi connectivity index (χ4v) is 2.52. The maximum Gasteiger partial charge on any atom is 0.330 e. The molecule has 1 atom stereocenters. The standard InChI is InChI=1S/C20H17N3O3/c24-19(25)18(16-4-2-1-3-5-16)23-20(26)22-17-8-6-14(7-9-17)15-10-12-21-13-11-15/h1-13,18H,(H,24,25)(H2,22,23,26). The molecular formula is C20H17N3O3. The van der Waals surface area contributed by atoms with E-state index in [2.05, 4.69) is 15.6 Å². The number of carbonyl (C=O) groups is 2. The molecule has 0 aliphatic carbocycles. The molecule has 0 radical (unpaired) electrons. The number of hydrogen-bond acceptors (Lipinski definition) is 3. The highest BCUT2D eigenvalue weighted by molar-refractivity contribution is 5.92. The number of nitrogens with one attached hydrogen (secondary N) is 2. The van der Waals surface area contributed by atoms with Crippen molar-refractivity contribution >= 4 is 17.7 Å². The molecule has 130 valence electrons. The van der Waals surface area contributed by atoms with Gasteiger partial charge in [-0.2, -0.15) is 0 Å². The van der Waals surface area contributed by atoms with Crippen molar-refractivity contribution < 1.29 is 14.7 Å². The molecule has 0 bridgehead atoms. The summed E-state index contributed by atoms with van der Waals surface area (Å²) in [5, 5.41) is 14.5. The zero-order chi connectivity index (χ0) is 18.4. The first-order valence-corrected chi connectivity index (χ1v) is 7.99. The van der Waals surface area contributed by atoms with Crippen LogP contribution in [0.25, 0.3) is 11.1 Å². The molecule has 3 aromatic rings. The molecule has 3 rings (SSSR count). The fraction of sp³-hybridized carbons (Fsp3) is 0.0500. The van der Waals surface area contributed by atoms with Crippen molar-refractivity contribution in [2.75, 3.05) is 5.32 Å². The number of amides is 2. The molecule has 2 aromatic carbocycles. The number of carbonyl (C=O) groups excluding carboxylic acids is 1. The van der Waals surface area contributed by atoms with Crippen LogP contribution >= 0.6 is 0 Å². The smallest absolute Gasteiger partial charge is 0.330 e. The number of carboxylic acid groups (broad SMARTS) is 1. The second-order valence-electron chi connectivity index (χ2n) is 5.59. The van der Waals surface area contributed by atoms with Gasteiger partial charge in [-0.05, 0) is 41.0 Å². The van der Waals surface area contributed by atoms with E-state index in [1.165, 1.54) is 0 Å². The Kier molecular flexibility index (Phi) is 5.24. The average molecular weight is 347 g/mol. The van der Waals surface area contributed by atoms with Crippen LogP contribution < -0.4 is 10.6 Å². The van der Waals surface area contributed by atoms with Crippen LogP contribution in [0.2, 0.25) is 0 Å². The molecule has 0 aliphatic rings. The van der Waals surface area contributed by atoms with E-state index in [9.17, 15) is 14.7 Å². The molecule has 0 saturated carbocycles. The average Bonchev–Trinajstić information content (AvgIpc) is 2.68. The maximum absolute atomic E-state index is 12.2. The molecule has 1 aromatic heterocycles. The van der Waals surface area contributed by atoms with Gasteiger partial charge < -0.3 is 15.7 Å². The maximum atomic E-state index is 12.2. The Morgan fingerprint density at radius 2 is 1.46 bits per heavy atom. The zero-order valence-corrected chi connectivity index (χ0v) is 13.8. The number of hydrogen-bond donors (Lipinski definition) is 3. The molecule has 0 saturated heterocycles. The number of benzene rings is 2. The van der Waals surface area contributed by atoms with E-state index >= 15 is 0 Å². The monoisotopic (exact) mass is 347 g/mol. The second-order valence-corrected chi connectivity index (χ2v) is 5.59. The lowest BCUT2D eigenvalue weighted by Crippen LogP contribution is -2.36. The van der Waals surface area contributed by atoms with Crippen molar-refractivity contribution in [1.29, 1.82) is 0 Å². The van der Waals surface area contributed by atoms with Crippen LogP contribution in [-0.4, -0.2) is 22.1 Å². The molecular weight excluding hydrogens is 330 g/mol. The van der Waals surface area contributed by atoms with Crippen molar-refractivity contribution in [2.45, 2.75) is 6.04 Å². The van der Waals surface area contributed by atoms with Gasteiger partial charge in [-0.1, -0.05) is 42.5 Å². The number of rotatable bonds is 5. The minimum Gasteiger partial charge on any atom is -0.479 e. The summed E-state index contributed by atoms with van der Waals surface area (Å²) in [5.74, 6) is -1.13. The summed E-state index contributed by atoms with van der Waals surface area (Å²) in [6, 6.07) is 17.9. The highest BCUT2D eigenvalue weighted by atomic mass is 16.4. The lowest BCUT2D eigenvalue weighted by atomic mass is 10.1. The molecule has 0 aliphatic heterocycles. The van der Waals surface area contributed by atoms with Crippen LogP contribution in [0.4, 0.5) is 10.5 Å². The lowest BCUT2D eigenvalue weighted by Gasteiger charge is -2.15. The summed E-state index contributed by atoms with van der Waals surface area (Å²) in [7, 11) is 0. The Bertz CT molecular complexity index is 881. The fourth-order valence-electron chi connectivity index (χ4n) is 2.52. The minimum atomic E-state index is -1.13. The van der Waals surface area contributed by atoms with Crippen LogP contribution in [0.1, 0.15) is 11.6 Å². The van der Waals surface area contributed by atoms with E-state index < -0.39 is 18.0 Å². The lowest BCUT2D eigenvalue weighted by molar-refractivity contribution is -0.139. The molecule has 1 heterocycles. The molecule has 6 heteroatoms. The van der Waals surface area contributed by atoms with Gasteiger partial charge in [0, 0.05) is 18.1 Å². The van der Waals surface area contributed by atoms with E-state index in [1.54, 1.807) is 54.9 Å². The third-order valence-electron chi connectivity index (χ3n) is 3.81. The predicted molar refractivity (Wildman–Crippen MR) is 98.6 cm³/mol. The number of urea groups is 1. The van der Waals surface area contributed by atoms with E-state index in [0.717, 1.165) is 11.1 Å². The third-order valence-corrected chi connectivity index (χ3v) is 3.81. The number of aliphatic carboxylic acids is 1. The summed E-state index contributed by atoms with van der Waals surface area (Å²) >= 11 is 0. The zero-order valence-electron chi connectivity index (χ0n) is 13.8. The predicted octanol–water partition coefficient (Wildman–Crippen LogP) is 3.70. The molecule has 2 amide bonds. The first-order chi connectivity index (χ1) is 12.6. The van der Waals surface area contributed by atoms with Gasteiger partial charge in [0.1, 0.15) is 0 Å². The normalized spacial score (nSPS) is 11.4. The topological polar surface area (TPSA) is 91.3 Å². The minimum absolute atomic E-state index is 0.503. The van der Waals surface area contributed by atoms with Crippen LogP contribution in [-0.2, 0) is 4.79 Å². The highest BCUT2D eigenvalue weighted by Gasteiger charge is 2.21. The largest absolute Gasteiger partial charge is 0.479 e. The van der Waals surface area contributed by atoms with Gasteiger partial charge in [0.15, 0.2) is 6.04 Å². The second kappa shape index (κ2) is 7.94. The SMILES string of the molecule is O=C(Nc1ccc(-c2ccncc2)cc1)NC(C(=O)O)c1ccccc1. The number of aromatic nitrogens is 1. The van der Waals surface area contributed by atoms with E-state index in [1.807, 2.05) is 24.3 Å². The Labute approximate surface area is 150 Å². The molecule has 0 spiro atoms.